The lowest BCUT2D eigenvalue weighted by Crippen LogP contribution is -2.54. The van der Waals surface area contributed by atoms with Crippen molar-refractivity contribution in [3.05, 3.63) is 35.9 Å². The van der Waals surface area contributed by atoms with Crippen LogP contribution in [0.25, 0.3) is 0 Å². The quantitative estimate of drug-likeness (QED) is 0.579. The van der Waals surface area contributed by atoms with Gasteiger partial charge in [0.2, 0.25) is 5.91 Å². The summed E-state index contributed by atoms with van der Waals surface area (Å²) in [5, 5.41) is 14.0. The number of benzene rings is 1. The summed E-state index contributed by atoms with van der Waals surface area (Å²) >= 11 is 0. The van der Waals surface area contributed by atoms with Gasteiger partial charge in [-0.1, -0.05) is 43.2 Å². The minimum absolute atomic E-state index is 0.185. The molecule has 0 aromatic heterocycles. The molecule has 1 aromatic rings. The zero-order valence-corrected chi connectivity index (χ0v) is 14.7. The molecule has 1 saturated heterocycles. The highest BCUT2D eigenvalue weighted by Gasteiger charge is 2.50. The van der Waals surface area contributed by atoms with Crippen LogP contribution in [0.4, 0.5) is 4.79 Å². The molecule has 1 heterocycles. The monoisotopic (exact) mass is 360 g/mol. The van der Waals surface area contributed by atoms with Gasteiger partial charge in [-0.15, -0.1) is 0 Å². The second-order valence-corrected chi connectivity index (χ2v) is 7.32. The molecule has 140 valence electrons. The summed E-state index contributed by atoms with van der Waals surface area (Å²) < 4.78 is 5.25. The van der Waals surface area contributed by atoms with Crippen LogP contribution in [0.3, 0.4) is 0 Å². The van der Waals surface area contributed by atoms with Gasteiger partial charge in [0.1, 0.15) is 11.6 Å². The molecule has 1 aromatic carbocycles. The molecule has 3 atom stereocenters. The number of nitrogens with one attached hydrogen (secondary N) is 2. The van der Waals surface area contributed by atoms with Gasteiger partial charge < -0.3 is 20.5 Å². The molecule has 26 heavy (non-hydrogen) atoms. The summed E-state index contributed by atoms with van der Waals surface area (Å²) in [6, 6.07) is 7.80. The first-order valence-corrected chi connectivity index (χ1v) is 8.89. The third-order valence-electron chi connectivity index (χ3n) is 4.89. The van der Waals surface area contributed by atoms with E-state index in [1.165, 1.54) is 0 Å². The molecule has 2 fully saturated rings. The molecule has 0 bridgehead atoms. The van der Waals surface area contributed by atoms with Gasteiger partial charge in [0, 0.05) is 0 Å². The minimum Gasteiger partial charge on any atom is -0.465 e. The molecule has 7 nitrogen and oxygen atoms in total. The van der Waals surface area contributed by atoms with Gasteiger partial charge in [0.05, 0.1) is 12.6 Å². The Morgan fingerprint density at radius 2 is 1.85 bits per heavy atom. The fourth-order valence-corrected chi connectivity index (χ4v) is 3.02. The maximum absolute atomic E-state index is 12.8. The van der Waals surface area contributed by atoms with Crippen molar-refractivity contribution in [1.29, 1.82) is 0 Å². The molecular weight excluding hydrogens is 336 g/mol. The second kappa shape index (κ2) is 7.45. The number of carbonyl (C=O) groups excluding carboxylic acids is 2. The fourth-order valence-electron chi connectivity index (χ4n) is 3.02. The SMILES string of the molecule is C[C@]1(C(=O)[C@H](Cc2ccccc2)NC(=O)[C@H](CC2CC2)NC(=O)O)CO1. The normalized spacial score (nSPS) is 23.6. The van der Waals surface area contributed by atoms with E-state index in [1.807, 2.05) is 30.3 Å². The number of hydrogen-bond donors (Lipinski definition) is 3. The van der Waals surface area contributed by atoms with Crippen LogP contribution in [0.2, 0.25) is 0 Å². The van der Waals surface area contributed by atoms with Crippen molar-refractivity contribution < 1.29 is 24.2 Å². The maximum atomic E-state index is 12.8. The molecule has 0 radical (unpaired) electrons. The lowest BCUT2D eigenvalue weighted by atomic mass is 9.94. The Morgan fingerprint density at radius 1 is 1.19 bits per heavy atom. The number of ketones is 1. The molecule has 3 rings (SSSR count). The molecule has 7 heteroatoms. The van der Waals surface area contributed by atoms with E-state index >= 15 is 0 Å². The first kappa shape index (κ1) is 18.4. The Kier molecular flexibility index (Phi) is 5.27. The summed E-state index contributed by atoms with van der Waals surface area (Å²) in [7, 11) is 0. The highest BCUT2D eigenvalue weighted by molar-refractivity contribution is 5.97. The van der Waals surface area contributed by atoms with Crippen molar-refractivity contribution >= 4 is 17.8 Å². The van der Waals surface area contributed by atoms with Gasteiger partial charge in [0.15, 0.2) is 5.78 Å². The van der Waals surface area contributed by atoms with Crippen molar-refractivity contribution in [2.75, 3.05) is 6.61 Å². The average Bonchev–Trinajstić information content (AvgIpc) is 3.52. The Labute approximate surface area is 152 Å². The third-order valence-corrected chi connectivity index (χ3v) is 4.89. The first-order valence-electron chi connectivity index (χ1n) is 8.89. The predicted octanol–water partition coefficient (Wildman–Crippen LogP) is 1.51. The topological polar surface area (TPSA) is 108 Å². The molecule has 2 amide bonds. The Balaban J connectivity index is 1.71. The van der Waals surface area contributed by atoms with Gasteiger partial charge in [0.25, 0.3) is 0 Å². The van der Waals surface area contributed by atoms with Gasteiger partial charge in [-0.25, -0.2) is 4.79 Å². The van der Waals surface area contributed by atoms with Crippen LogP contribution >= 0.6 is 0 Å². The van der Waals surface area contributed by atoms with Gasteiger partial charge in [-0.3, -0.25) is 9.59 Å². The Morgan fingerprint density at radius 3 is 2.38 bits per heavy atom. The number of carboxylic acid groups (broad SMARTS) is 1. The number of carbonyl (C=O) groups is 3. The van der Waals surface area contributed by atoms with Crippen molar-refractivity contribution in [2.45, 2.75) is 50.3 Å². The summed E-state index contributed by atoms with van der Waals surface area (Å²) in [5.74, 6) is -0.279. The maximum Gasteiger partial charge on any atom is 0.405 e. The largest absolute Gasteiger partial charge is 0.465 e. The summed E-state index contributed by atoms with van der Waals surface area (Å²) in [4.78, 5) is 36.5. The Hall–Kier alpha value is -2.41. The van der Waals surface area contributed by atoms with Crippen LogP contribution < -0.4 is 10.6 Å². The van der Waals surface area contributed by atoms with Gasteiger partial charge in [-0.2, -0.15) is 0 Å². The van der Waals surface area contributed by atoms with E-state index in [-0.39, 0.29) is 5.78 Å². The number of ether oxygens (including phenoxy) is 1. The van der Waals surface area contributed by atoms with Crippen LogP contribution in [0.15, 0.2) is 30.3 Å². The molecule has 0 unspecified atom stereocenters. The van der Waals surface area contributed by atoms with Crippen LogP contribution in [-0.4, -0.2) is 47.2 Å². The number of hydrogen-bond acceptors (Lipinski definition) is 4. The standard InChI is InChI=1S/C19H24N2O5/c1-19(11-26-19)16(22)14(9-12-5-3-2-4-6-12)20-17(23)15(21-18(24)25)10-13-7-8-13/h2-6,13-15,21H,7-11H2,1H3,(H,20,23)(H,24,25)/t14-,15-,19+/m0/s1. The van der Waals surface area contributed by atoms with E-state index in [0.717, 1.165) is 18.4 Å². The van der Waals surface area contributed by atoms with Crippen LogP contribution in [0.5, 0.6) is 0 Å². The smallest absolute Gasteiger partial charge is 0.405 e. The molecule has 0 spiro atoms. The summed E-state index contributed by atoms with van der Waals surface area (Å²) in [5.41, 5.74) is 0.0548. The van der Waals surface area contributed by atoms with Crippen LogP contribution in [0, 0.1) is 5.92 Å². The number of epoxide rings is 1. The van der Waals surface area contributed by atoms with Crippen LogP contribution in [-0.2, 0) is 20.7 Å². The minimum atomic E-state index is -1.24. The fraction of sp³-hybridized carbons (Fsp3) is 0.526. The van der Waals surface area contributed by atoms with Crippen molar-refractivity contribution in [3.8, 4) is 0 Å². The third kappa shape index (κ3) is 4.82. The molecular formula is C19H24N2O5. The van der Waals surface area contributed by atoms with E-state index in [4.69, 9.17) is 9.84 Å². The van der Waals surface area contributed by atoms with E-state index in [1.54, 1.807) is 6.92 Å². The first-order chi connectivity index (χ1) is 12.4. The zero-order chi connectivity index (χ0) is 18.7. The molecule has 1 aliphatic heterocycles. The summed E-state index contributed by atoms with van der Waals surface area (Å²) in [6.07, 6.45) is 1.56. The van der Waals surface area contributed by atoms with Crippen molar-refractivity contribution in [3.63, 3.8) is 0 Å². The molecule has 3 N–H and O–H groups in total. The Bertz CT molecular complexity index is 682. The highest BCUT2D eigenvalue weighted by Crippen LogP contribution is 2.34. The summed E-state index contributed by atoms with van der Waals surface area (Å²) in [6.45, 7) is 2.04. The number of amides is 2. The van der Waals surface area contributed by atoms with Crippen molar-refractivity contribution in [2.24, 2.45) is 5.92 Å². The zero-order valence-electron chi connectivity index (χ0n) is 14.7. The van der Waals surface area contributed by atoms with Crippen LogP contribution in [0.1, 0.15) is 31.7 Å². The van der Waals surface area contributed by atoms with E-state index < -0.39 is 29.7 Å². The highest BCUT2D eigenvalue weighted by atomic mass is 16.6. The lowest BCUT2D eigenvalue weighted by Gasteiger charge is -2.23. The number of Topliss-reactive ketones (excluding diaryl/α,β-unsaturated/α-hetero) is 1. The van der Waals surface area contributed by atoms with Crippen molar-refractivity contribution in [1.82, 2.24) is 10.6 Å². The number of rotatable bonds is 9. The lowest BCUT2D eigenvalue weighted by molar-refractivity contribution is -0.131. The van der Waals surface area contributed by atoms with Gasteiger partial charge in [-0.05, 0) is 31.2 Å². The molecule has 2 aliphatic rings. The van der Waals surface area contributed by atoms with E-state index in [2.05, 4.69) is 10.6 Å². The molecule has 1 saturated carbocycles. The molecule has 1 aliphatic carbocycles. The second-order valence-electron chi connectivity index (χ2n) is 7.32. The predicted molar refractivity (Wildman–Crippen MR) is 93.7 cm³/mol. The van der Waals surface area contributed by atoms with Gasteiger partial charge >= 0.3 is 6.09 Å². The van der Waals surface area contributed by atoms with E-state index in [9.17, 15) is 14.4 Å². The average molecular weight is 360 g/mol. The van der Waals surface area contributed by atoms with E-state index in [0.29, 0.717) is 25.4 Å².